The second-order valence-corrected chi connectivity index (χ2v) is 4.40. The predicted molar refractivity (Wildman–Crippen MR) is 62.2 cm³/mol. The Labute approximate surface area is 103 Å². The summed E-state index contributed by atoms with van der Waals surface area (Å²) in [5, 5.41) is 0. The van der Waals surface area contributed by atoms with Crippen LogP contribution in [0.25, 0.3) is 0 Å². The highest BCUT2D eigenvalue weighted by atomic mass is 19.4. The van der Waals surface area contributed by atoms with Crippen LogP contribution in [0.4, 0.5) is 18.9 Å². The number of alkyl halides is 3. The van der Waals surface area contributed by atoms with Gasteiger partial charge < -0.3 is 4.90 Å². The van der Waals surface area contributed by atoms with E-state index in [9.17, 15) is 18.0 Å². The Morgan fingerprint density at radius 1 is 1.11 bits per heavy atom. The van der Waals surface area contributed by atoms with Gasteiger partial charge in [0.1, 0.15) is 6.04 Å². The van der Waals surface area contributed by atoms with E-state index >= 15 is 0 Å². The minimum absolute atomic E-state index is 0.0237. The molecule has 0 bridgehead atoms. The van der Waals surface area contributed by atoms with Crippen molar-refractivity contribution in [2.45, 2.75) is 37.9 Å². The number of para-hydroxylation sites is 1. The van der Waals surface area contributed by atoms with E-state index in [1.54, 1.807) is 30.3 Å². The quantitative estimate of drug-likeness (QED) is 0.753. The molecule has 0 aliphatic carbocycles. The van der Waals surface area contributed by atoms with Crippen LogP contribution in [-0.4, -0.2) is 18.1 Å². The van der Waals surface area contributed by atoms with Crippen molar-refractivity contribution >= 4 is 11.6 Å². The lowest BCUT2D eigenvalue weighted by Gasteiger charge is -2.31. The number of hydrogen-bond donors (Lipinski definition) is 0. The average Bonchev–Trinajstić information content (AvgIpc) is 2.51. The molecule has 2 nitrogen and oxygen atoms in total. The van der Waals surface area contributed by atoms with Gasteiger partial charge in [-0.3, -0.25) is 4.79 Å². The summed E-state index contributed by atoms with van der Waals surface area (Å²) in [4.78, 5) is 12.8. The highest BCUT2D eigenvalue weighted by Crippen LogP contribution is 2.34. The molecule has 1 amide bonds. The second-order valence-electron chi connectivity index (χ2n) is 4.40. The number of amides is 1. The van der Waals surface area contributed by atoms with Crippen LogP contribution in [0.5, 0.6) is 0 Å². The molecular weight excluding hydrogens is 243 g/mol. The SMILES string of the molecule is O=C1CCCC[C@H](C(F)(F)F)N1c1ccccc1. The molecule has 18 heavy (non-hydrogen) atoms. The van der Waals surface area contributed by atoms with Crippen molar-refractivity contribution in [2.75, 3.05) is 4.90 Å². The predicted octanol–water partition coefficient (Wildman–Crippen LogP) is 3.52. The Balaban J connectivity index is 2.39. The molecule has 0 unspecified atom stereocenters. The first-order valence-electron chi connectivity index (χ1n) is 5.94. The van der Waals surface area contributed by atoms with Gasteiger partial charge in [-0.15, -0.1) is 0 Å². The van der Waals surface area contributed by atoms with E-state index < -0.39 is 18.1 Å². The average molecular weight is 257 g/mol. The first-order chi connectivity index (χ1) is 8.50. The molecule has 1 fully saturated rings. The maximum Gasteiger partial charge on any atom is 0.409 e. The zero-order valence-electron chi connectivity index (χ0n) is 9.78. The lowest BCUT2D eigenvalue weighted by molar-refractivity contribution is -0.154. The minimum atomic E-state index is -4.38. The molecule has 1 aliphatic rings. The highest BCUT2D eigenvalue weighted by Gasteiger charge is 2.46. The third-order valence-corrected chi connectivity index (χ3v) is 3.11. The molecule has 0 saturated carbocycles. The molecule has 2 rings (SSSR count). The summed E-state index contributed by atoms with van der Waals surface area (Å²) in [6.07, 6.45) is -3.27. The zero-order chi connectivity index (χ0) is 13.2. The molecule has 0 radical (unpaired) electrons. The second kappa shape index (κ2) is 5.00. The van der Waals surface area contributed by atoms with E-state index in [1.807, 2.05) is 0 Å². The number of carbonyl (C=O) groups excluding carboxylic acids is 1. The van der Waals surface area contributed by atoms with Crippen molar-refractivity contribution in [1.29, 1.82) is 0 Å². The number of carbonyl (C=O) groups is 1. The number of benzene rings is 1. The van der Waals surface area contributed by atoms with Crippen molar-refractivity contribution in [1.82, 2.24) is 0 Å². The van der Waals surface area contributed by atoms with Gasteiger partial charge in [0.15, 0.2) is 0 Å². The molecule has 1 heterocycles. The molecule has 5 heteroatoms. The van der Waals surface area contributed by atoms with Crippen LogP contribution < -0.4 is 4.90 Å². The van der Waals surface area contributed by atoms with Gasteiger partial charge in [0, 0.05) is 12.1 Å². The van der Waals surface area contributed by atoms with E-state index in [-0.39, 0.29) is 12.8 Å². The van der Waals surface area contributed by atoms with E-state index in [0.717, 1.165) is 4.90 Å². The van der Waals surface area contributed by atoms with Crippen LogP contribution in [0, 0.1) is 0 Å². The van der Waals surface area contributed by atoms with Crippen molar-refractivity contribution in [3.63, 3.8) is 0 Å². The lowest BCUT2D eigenvalue weighted by atomic mass is 10.1. The first kappa shape index (κ1) is 12.9. The van der Waals surface area contributed by atoms with Crippen LogP contribution in [0.15, 0.2) is 30.3 Å². The van der Waals surface area contributed by atoms with E-state index in [4.69, 9.17) is 0 Å². The molecule has 1 aromatic carbocycles. The van der Waals surface area contributed by atoms with Gasteiger partial charge in [-0.05, 0) is 25.0 Å². The summed E-state index contributed by atoms with van der Waals surface area (Å²) < 4.78 is 39.1. The minimum Gasteiger partial charge on any atom is -0.300 e. The Kier molecular flexibility index (Phi) is 3.59. The third kappa shape index (κ3) is 2.66. The van der Waals surface area contributed by atoms with E-state index in [2.05, 4.69) is 0 Å². The van der Waals surface area contributed by atoms with Crippen molar-refractivity contribution in [3.8, 4) is 0 Å². The van der Waals surface area contributed by atoms with Crippen LogP contribution in [0.1, 0.15) is 25.7 Å². The van der Waals surface area contributed by atoms with Crippen LogP contribution in [-0.2, 0) is 4.79 Å². The largest absolute Gasteiger partial charge is 0.409 e. The number of anilines is 1. The van der Waals surface area contributed by atoms with Crippen LogP contribution in [0.3, 0.4) is 0 Å². The standard InChI is InChI=1S/C13H14F3NO/c14-13(15,16)11-8-4-5-9-12(18)17(11)10-6-2-1-3-7-10/h1-3,6-7,11H,4-5,8-9H2/t11-/m1/s1. The van der Waals surface area contributed by atoms with Gasteiger partial charge in [-0.25, -0.2) is 0 Å². The van der Waals surface area contributed by atoms with E-state index in [1.165, 1.54) is 0 Å². The topological polar surface area (TPSA) is 20.3 Å². The summed E-state index contributed by atoms with van der Waals surface area (Å²) in [7, 11) is 0. The third-order valence-electron chi connectivity index (χ3n) is 3.11. The van der Waals surface area contributed by atoms with Gasteiger partial charge in [0.05, 0.1) is 0 Å². The smallest absolute Gasteiger partial charge is 0.300 e. The molecule has 0 aromatic heterocycles. The fourth-order valence-electron chi connectivity index (χ4n) is 2.26. The fourth-order valence-corrected chi connectivity index (χ4v) is 2.26. The van der Waals surface area contributed by atoms with Gasteiger partial charge in [-0.1, -0.05) is 24.6 Å². The lowest BCUT2D eigenvalue weighted by Crippen LogP contribution is -2.48. The molecule has 1 atom stereocenters. The number of rotatable bonds is 1. The maximum absolute atomic E-state index is 13.0. The molecule has 98 valence electrons. The van der Waals surface area contributed by atoms with E-state index in [0.29, 0.717) is 18.5 Å². The number of hydrogen-bond acceptors (Lipinski definition) is 1. The fraction of sp³-hybridized carbons (Fsp3) is 0.462. The first-order valence-corrected chi connectivity index (χ1v) is 5.94. The number of halogens is 3. The Morgan fingerprint density at radius 2 is 1.78 bits per heavy atom. The molecule has 0 spiro atoms. The Bertz CT molecular complexity index is 416. The van der Waals surface area contributed by atoms with Crippen LogP contribution in [0.2, 0.25) is 0 Å². The summed E-state index contributed by atoms with van der Waals surface area (Å²) in [6, 6.07) is 6.38. The maximum atomic E-state index is 13.0. The normalized spacial score (nSPS) is 21.8. The number of nitrogens with zero attached hydrogens (tertiary/aromatic N) is 1. The monoisotopic (exact) mass is 257 g/mol. The van der Waals surface area contributed by atoms with Gasteiger partial charge >= 0.3 is 6.18 Å². The summed E-state index contributed by atoms with van der Waals surface area (Å²) in [5.41, 5.74) is 0.326. The summed E-state index contributed by atoms with van der Waals surface area (Å²) in [5.74, 6) is -0.443. The van der Waals surface area contributed by atoms with Crippen molar-refractivity contribution in [2.24, 2.45) is 0 Å². The Hall–Kier alpha value is -1.52. The Morgan fingerprint density at radius 3 is 2.39 bits per heavy atom. The van der Waals surface area contributed by atoms with Gasteiger partial charge in [0.25, 0.3) is 0 Å². The van der Waals surface area contributed by atoms with Crippen molar-refractivity contribution < 1.29 is 18.0 Å². The molecule has 1 aromatic rings. The van der Waals surface area contributed by atoms with Crippen molar-refractivity contribution in [3.05, 3.63) is 30.3 Å². The molecule has 0 N–H and O–H groups in total. The molecule has 1 aliphatic heterocycles. The van der Waals surface area contributed by atoms with Crippen LogP contribution >= 0.6 is 0 Å². The summed E-state index contributed by atoms with van der Waals surface area (Å²) in [6.45, 7) is 0. The zero-order valence-corrected chi connectivity index (χ0v) is 9.78. The highest BCUT2D eigenvalue weighted by molar-refractivity contribution is 5.94. The molecule has 1 saturated heterocycles. The molecular formula is C13H14F3NO. The van der Waals surface area contributed by atoms with Gasteiger partial charge in [-0.2, -0.15) is 13.2 Å². The summed E-state index contributed by atoms with van der Waals surface area (Å²) >= 11 is 0. The van der Waals surface area contributed by atoms with Gasteiger partial charge in [0.2, 0.25) is 5.91 Å².